The summed E-state index contributed by atoms with van der Waals surface area (Å²) < 4.78 is 16.2. The van der Waals surface area contributed by atoms with Crippen molar-refractivity contribution in [3.8, 4) is 0 Å². The van der Waals surface area contributed by atoms with E-state index in [1.54, 1.807) is 18.1 Å². The molecule has 1 aliphatic heterocycles. The van der Waals surface area contributed by atoms with Crippen LogP contribution in [0.25, 0.3) is 11.0 Å². The zero-order chi connectivity index (χ0) is 19.5. The van der Waals surface area contributed by atoms with Crippen molar-refractivity contribution >= 4 is 28.5 Å². The molecular formula is C22H21NO5. The number of carbonyl (C=O) groups is 2. The number of nitrogens with zero attached hydrogens (tertiary/aromatic N) is 1. The zero-order valence-electron chi connectivity index (χ0n) is 15.6. The SMILES string of the molecule is COCc1c(C(=O)OCC(=O)N2CCCc3ccccc32)oc2ccccc12. The maximum atomic E-state index is 12.7. The molecule has 0 N–H and O–H groups in total. The summed E-state index contributed by atoms with van der Waals surface area (Å²) in [5, 5.41) is 0.799. The van der Waals surface area contributed by atoms with Gasteiger partial charge in [0.1, 0.15) is 5.58 Å². The van der Waals surface area contributed by atoms with Gasteiger partial charge in [0.25, 0.3) is 5.91 Å². The zero-order valence-corrected chi connectivity index (χ0v) is 15.6. The molecule has 1 aromatic heterocycles. The number of aryl methyl sites for hydroxylation is 1. The van der Waals surface area contributed by atoms with Crippen molar-refractivity contribution in [1.82, 2.24) is 0 Å². The summed E-state index contributed by atoms with van der Waals surface area (Å²) in [5.74, 6) is -0.832. The normalized spacial score (nSPS) is 13.4. The molecule has 144 valence electrons. The maximum absolute atomic E-state index is 12.7. The summed E-state index contributed by atoms with van der Waals surface area (Å²) in [7, 11) is 1.55. The fourth-order valence-electron chi connectivity index (χ4n) is 3.61. The van der Waals surface area contributed by atoms with Crippen molar-refractivity contribution in [3.63, 3.8) is 0 Å². The number of amides is 1. The number of carbonyl (C=O) groups excluding carboxylic acids is 2. The molecule has 3 aromatic rings. The number of rotatable bonds is 5. The lowest BCUT2D eigenvalue weighted by Gasteiger charge is -2.29. The van der Waals surface area contributed by atoms with Crippen LogP contribution in [0.4, 0.5) is 5.69 Å². The van der Waals surface area contributed by atoms with Gasteiger partial charge in [0.2, 0.25) is 5.76 Å². The molecule has 0 aliphatic carbocycles. The summed E-state index contributed by atoms with van der Waals surface area (Å²) in [4.78, 5) is 27.0. The second-order valence-electron chi connectivity index (χ2n) is 6.69. The van der Waals surface area contributed by atoms with Gasteiger partial charge in [-0.2, -0.15) is 0 Å². The molecule has 0 bridgehead atoms. The Hall–Kier alpha value is -3.12. The topological polar surface area (TPSA) is 69.0 Å². The van der Waals surface area contributed by atoms with E-state index in [9.17, 15) is 9.59 Å². The molecule has 6 heteroatoms. The van der Waals surface area contributed by atoms with Crippen LogP contribution in [0.15, 0.2) is 52.9 Å². The summed E-state index contributed by atoms with van der Waals surface area (Å²) in [6.07, 6.45) is 1.83. The van der Waals surface area contributed by atoms with Gasteiger partial charge in [0.05, 0.1) is 6.61 Å². The van der Waals surface area contributed by atoms with Crippen LogP contribution in [0.5, 0.6) is 0 Å². The van der Waals surface area contributed by atoms with Crippen LogP contribution < -0.4 is 4.90 Å². The molecule has 0 saturated heterocycles. The Labute approximate surface area is 162 Å². The van der Waals surface area contributed by atoms with Crippen molar-refractivity contribution in [2.75, 3.05) is 25.2 Å². The maximum Gasteiger partial charge on any atom is 0.375 e. The minimum atomic E-state index is -0.665. The van der Waals surface area contributed by atoms with Gasteiger partial charge >= 0.3 is 5.97 Å². The van der Waals surface area contributed by atoms with Gasteiger partial charge < -0.3 is 18.8 Å². The van der Waals surface area contributed by atoms with Gasteiger partial charge in [0.15, 0.2) is 6.61 Å². The van der Waals surface area contributed by atoms with Crippen LogP contribution >= 0.6 is 0 Å². The first-order valence-electron chi connectivity index (χ1n) is 9.24. The number of benzene rings is 2. The largest absolute Gasteiger partial charge is 0.450 e. The number of ether oxygens (including phenoxy) is 2. The average molecular weight is 379 g/mol. The van der Waals surface area contributed by atoms with E-state index in [-0.39, 0.29) is 24.9 Å². The third-order valence-corrected chi connectivity index (χ3v) is 4.91. The molecule has 0 spiro atoms. The summed E-state index contributed by atoms with van der Waals surface area (Å²) >= 11 is 0. The number of fused-ring (bicyclic) bond motifs is 2. The van der Waals surface area contributed by atoms with Gasteiger partial charge in [-0.25, -0.2) is 4.79 Å². The van der Waals surface area contributed by atoms with Crippen molar-refractivity contribution in [2.24, 2.45) is 0 Å². The highest BCUT2D eigenvalue weighted by atomic mass is 16.5. The second-order valence-corrected chi connectivity index (χ2v) is 6.69. The minimum absolute atomic E-state index is 0.0786. The highest BCUT2D eigenvalue weighted by Gasteiger charge is 2.26. The van der Waals surface area contributed by atoms with E-state index in [4.69, 9.17) is 13.9 Å². The molecule has 0 atom stereocenters. The molecule has 6 nitrogen and oxygen atoms in total. The number of anilines is 1. The number of furan rings is 1. The quantitative estimate of drug-likeness (QED) is 0.632. The first-order chi connectivity index (χ1) is 13.7. The van der Waals surface area contributed by atoms with E-state index in [1.807, 2.05) is 42.5 Å². The van der Waals surface area contributed by atoms with Crippen molar-refractivity contribution in [3.05, 3.63) is 65.4 Å². The van der Waals surface area contributed by atoms with Gasteiger partial charge in [-0.05, 0) is 30.5 Å². The van der Waals surface area contributed by atoms with Crippen LogP contribution in [0.3, 0.4) is 0 Å². The van der Waals surface area contributed by atoms with E-state index in [2.05, 4.69) is 0 Å². The Balaban J connectivity index is 1.50. The molecule has 0 unspecified atom stereocenters. The van der Waals surface area contributed by atoms with Crippen molar-refractivity contribution < 1.29 is 23.5 Å². The number of hydrogen-bond donors (Lipinski definition) is 0. The number of para-hydroxylation sites is 2. The van der Waals surface area contributed by atoms with Gasteiger partial charge in [-0.1, -0.05) is 36.4 Å². The minimum Gasteiger partial charge on any atom is -0.450 e. The molecular weight excluding hydrogens is 358 g/mol. The summed E-state index contributed by atoms with van der Waals surface area (Å²) in [5.41, 5.74) is 3.23. The number of esters is 1. The fraction of sp³-hybridized carbons (Fsp3) is 0.273. The number of hydrogen-bond acceptors (Lipinski definition) is 5. The molecule has 0 saturated carbocycles. The highest BCUT2D eigenvalue weighted by Crippen LogP contribution is 2.28. The Morgan fingerprint density at radius 1 is 1.11 bits per heavy atom. The van der Waals surface area contributed by atoms with E-state index in [1.165, 1.54) is 0 Å². The lowest BCUT2D eigenvalue weighted by atomic mass is 10.0. The summed E-state index contributed by atoms with van der Waals surface area (Å²) in [6.45, 7) is 0.498. The Kier molecular flexibility index (Phi) is 5.12. The van der Waals surface area contributed by atoms with Crippen LogP contribution in [-0.2, 0) is 27.3 Å². The van der Waals surface area contributed by atoms with Crippen molar-refractivity contribution in [2.45, 2.75) is 19.4 Å². The Bertz CT molecular complexity index is 1020. The first-order valence-corrected chi connectivity index (χ1v) is 9.24. The lowest BCUT2D eigenvalue weighted by Crippen LogP contribution is -2.38. The van der Waals surface area contributed by atoms with E-state index >= 15 is 0 Å². The fourth-order valence-corrected chi connectivity index (χ4v) is 3.61. The standard InChI is InChI=1S/C22H21NO5/c1-26-13-17-16-9-3-5-11-19(16)28-21(17)22(25)27-14-20(24)23-12-6-8-15-7-2-4-10-18(15)23/h2-5,7,9-11H,6,8,12-14H2,1H3. The molecule has 0 fully saturated rings. The monoisotopic (exact) mass is 379 g/mol. The third kappa shape index (κ3) is 3.39. The van der Waals surface area contributed by atoms with E-state index in [0.717, 1.165) is 29.5 Å². The molecule has 1 amide bonds. The molecule has 1 aliphatic rings. The Morgan fingerprint density at radius 2 is 1.89 bits per heavy atom. The molecule has 28 heavy (non-hydrogen) atoms. The van der Waals surface area contributed by atoms with Crippen molar-refractivity contribution in [1.29, 1.82) is 0 Å². The third-order valence-electron chi connectivity index (χ3n) is 4.91. The molecule has 4 rings (SSSR count). The lowest BCUT2D eigenvalue weighted by molar-refractivity contribution is -0.121. The number of methoxy groups -OCH3 is 1. The summed E-state index contributed by atoms with van der Waals surface area (Å²) in [6, 6.07) is 15.1. The van der Waals surface area contributed by atoms with Gasteiger partial charge in [0, 0.05) is 30.3 Å². The Morgan fingerprint density at radius 3 is 2.75 bits per heavy atom. The average Bonchev–Trinajstić information content (AvgIpc) is 3.10. The van der Waals surface area contributed by atoms with Gasteiger partial charge in [-0.3, -0.25) is 4.79 Å². The predicted molar refractivity (Wildman–Crippen MR) is 104 cm³/mol. The highest BCUT2D eigenvalue weighted by molar-refractivity contribution is 5.99. The van der Waals surface area contributed by atoms with Crippen LogP contribution in [0.2, 0.25) is 0 Å². The van der Waals surface area contributed by atoms with Crippen LogP contribution in [0.1, 0.15) is 28.1 Å². The predicted octanol–water partition coefficient (Wildman–Crippen LogP) is 3.72. The molecule has 0 radical (unpaired) electrons. The smallest absolute Gasteiger partial charge is 0.375 e. The van der Waals surface area contributed by atoms with Crippen LogP contribution in [-0.4, -0.2) is 32.1 Å². The van der Waals surface area contributed by atoms with Gasteiger partial charge in [-0.15, -0.1) is 0 Å². The second kappa shape index (κ2) is 7.86. The van der Waals surface area contributed by atoms with Crippen LogP contribution in [0, 0.1) is 0 Å². The van der Waals surface area contributed by atoms with E-state index in [0.29, 0.717) is 17.7 Å². The molecule has 2 heterocycles. The molecule has 2 aromatic carbocycles. The first kappa shape index (κ1) is 18.3. The van der Waals surface area contributed by atoms with E-state index < -0.39 is 5.97 Å².